The van der Waals surface area contributed by atoms with Crippen molar-refractivity contribution in [2.45, 2.75) is 0 Å². The number of nitrogen functional groups attached to an aromatic ring is 1. The largest absolute Gasteiger partial charge is 0.399 e. The molecule has 3 nitrogen and oxygen atoms in total. The minimum Gasteiger partial charge on any atom is -0.399 e. The van der Waals surface area contributed by atoms with Gasteiger partial charge in [0.25, 0.3) is 0 Å². The topological polar surface area (TPSA) is 41.3 Å². The Morgan fingerprint density at radius 3 is 2.56 bits per heavy atom. The molecule has 1 aromatic carbocycles. The fourth-order valence-electron chi connectivity index (χ4n) is 1.78. The highest BCUT2D eigenvalue weighted by molar-refractivity contribution is 7.99. The van der Waals surface area contributed by atoms with Gasteiger partial charge in [-0.2, -0.15) is 11.8 Å². The van der Waals surface area contributed by atoms with E-state index < -0.39 is 0 Å². The molecule has 0 bridgehead atoms. The Hall–Kier alpha value is -0.870. The summed E-state index contributed by atoms with van der Waals surface area (Å²) in [5.74, 6) is 2.56. The zero-order valence-electron chi connectivity index (χ0n) is 9.48. The summed E-state index contributed by atoms with van der Waals surface area (Å²) in [6, 6.07) is 7.92. The number of nitrogens with zero attached hydrogens (tertiary/aromatic N) is 1. The molecule has 0 aliphatic carbocycles. The predicted molar refractivity (Wildman–Crippen MR) is 73.1 cm³/mol. The molecule has 0 unspecified atom stereocenters. The summed E-state index contributed by atoms with van der Waals surface area (Å²) < 4.78 is 0. The summed E-state index contributed by atoms with van der Waals surface area (Å²) in [6.45, 7) is 4.60. The number of benzene rings is 1. The van der Waals surface area contributed by atoms with Gasteiger partial charge in [0.05, 0.1) is 0 Å². The van der Waals surface area contributed by atoms with Crippen LogP contribution in [0.1, 0.15) is 0 Å². The average Bonchev–Trinajstić information content (AvgIpc) is 2.33. The van der Waals surface area contributed by atoms with Crippen LogP contribution in [0.15, 0.2) is 24.3 Å². The predicted octanol–water partition coefficient (Wildman–Crippen LogP) is 1.73. The van der Waals surface area contributed by atoms with Crippen molar-refractivity contribution in [1.82, 2.24) is 4.90 Å². The maximum atomic E-state index is 5.63. The summed E-state index contributed by atoms with van der Waals surface area (Å²) >= 11 is 2.05. The number of nitrogens with one attached hydrogen (secondary N) is 1. The third-order valence-electron chi connectivity index (χ3n) is 2.77. The number of hydrogen-bond acceptors (Lipinski definition) is 4. The molecule has 0 radical (unpaired) electrons. The van der Waals surface area contributed by atoms with Crippen LogP contribution in [-0.2, 0) is 0 Å². The van der Waals surface area contributed by atoms with Gasteiger partial charge in [-0.1, -0.05) is 0 Å². The lowest BCUT2D eigenvalue weighted by Gasteiger charge is -2.26. The lowest BCUT2D eigenvalue weighted by molar-refractivity contribution is 0.314. The zero-order chi connectivity index (χ0) is 11.2. The van der Waals surface area contributed by atoms with E-state index >= 15 is 0 Å². The second-order valence-corrected chi connectivity index (χ2v) is 5.23. The van der Waals surface area contributed by atoms with Gasteiger partial charge in [0.2, 0.25) is 0 Å². The van der Waals surface area contributed by atoms with Gasteiger partial charge in [0.15, 0.2) is 0 Å². The van der Waals surface area contributed by atoms with Crippen molar-refractivity contribution in [3.05, 3.63) is 24.3 Å². The highest BCUT2D eigenvalue weighted by atomic mass is 32.2. The van der Waals surface area contributed by atoms with Crippen LogP contribution in [0.25, 0.3) is 0 Å². The number of thioether (sulfide) groups is 1. The molecule has 1 heterocycles. The van der Waals surface area contributed by atoms with Crippen LogP contribution in [0, 0.1) is 0 Å². The summed E-state index contributed by atoms with van der Waals surface area (Å²) in [7, 11) is 0. The van der Waals surface area contributed by atoms with Crippen molar-refractivity contribution in [3.63, 3.8) is 0 Å². The second-order valence-electron chi connectivity index (χ2n) is 4.00. The van der Waals surface area contributed by atoms with E-state index in [-0.39, 0.29) is 0 Å². The van der Waals surface area contributed by atoms with Crippen molar-refractivity contribution in [1.29, 1.82) is 0 Å². The first-order valence-corrected chi connectivity index (χ1v) is 6.89. The molecular weight excluding hydrogens is 218 g/mol. The molecule has 1 aliphatic rings. The molecule has 16 heavy (non-hydrogen) atoms. The van der Waals surface area contributed by atoms with E-state index in [1.54, 1.807) is 0 Å². The Kier molecular flexibility index (Phi) is 4.36. The van der Waals surface area contributed by atoms with Crippen LogP contribution in [0.2, 0.25) is 0 Å². The van der Waals surface area contributed by atoms with Crippen molar-refractivity contribution in [2.75, 3.05) is 48.7 Å². The quantitative estimate of drug-likeness (QED) is 0.783. The van der Waals surface area contributed by atoms with Crippen molar-refractivity contribution >= 4 is 23.1 Å². The monoisotopic (exact) mass is 237 g/mol. The molecule has 1 fully saturated rings. The summed E-state index contributed by atoms with van der Waals surface area (Å²) in [4.78, 5) is 2.51. The van der Waals surface area contributed by atoms with Crippen LogP contribution >= 0.6 is 11.8 Å². The van der Waals surface area contributed by atoms with Crippen molar-refractivity contribution in [2.24, 2.45) is 0 Å². The van der Waals surface area contributed by atoms with E-state index in [2.05, 4.69) is 22.0 Å². The Morgan fingerprint density at radius 2 is 1.88 bits per heavy atom. The molecule has 0 aromatic heterocycles. The second kappa shape index (κ2) is 6.01. The summed E-state index contributed by atoms with van der Waals surface area (Å²) in [5, 5.41) is 3.42. The van der Waals surface area contributed by atoms with Gasteiger partial charge in [-0.05, 0) is 24.3 Å². The first-order valence-electron chi connectivity index (χ1n) is 5.74. The van der Waals surface area contributed by atoms with Crippen LogP contribution in [0.5, 0.6) is 0 Å². The minimum absolute atomic E-state index is 0.818. The lowest BCUT2D eigenvalue weighted by atomic mass is 10.3. The first kappa shape index (κ1) is 11.6. The van der Waals surface area contributed by atoms with Gasteiger partial charge in [-0.3, -0.25) is 4.90 Å². The lowest BCUT2D eigenvalue weighted by Crippen LogP contribution is -2.36. The molecule has 0 saturated carbocycles. The molecule has 4 heteroatoms. The average molecular weight is 237 g/mol. The minimum atomic E-state index is 0.818. The van der Waals surface area contributed by atoms with Crippen molar-refractivity contribution < 1.29 is 0 Å². The van der Waals surface area contributed by atoms with E-state index in [1.807, 2.05) is 24.3 Å². The fraction of sp³-hybridized carbons (Fsp3) is 0.500. The van der Waals surface area contributed by atoms with Crippen LogP contribution in [-0.4, -0.2) is 42.6 Å². The summed E-state index contributed by atoms with van der Waals surface area (Å²) in [6.07, 6.45) is 0. The number of rotatable bonds is 4. The first-order chi connectivity index (χ1) is 7.84. The molecule has 0 amide bonds. The van der Waals surface area contributed by atoms with Crippen LogP contribution in [0.3, 0.4) is 0 Å². The smallest absolute Gasteiger partial charge is 0.0342 e. The number of nitrogens with two attached hydrogens (primary N) is 1. The highest BCUT2D eigenvalue weighted by Crippen LogP contribution is 2.11. The highest BCUT2D eigenvalue weighted by Gasteiger charge is 2.08. The Labute approximate surface area is 101 Å². The van der Waals surface area contributed by atoms with Gasteiger partial charge in [-0.25, -0.2) is 0 Å². The third-order valence-corrected chi connectivity index (χ3v) is 3.71. The zero-order valence-corrected chi connectivity index (χ0v) is 10.3. The van der Waals surface area contributed by atoms with Crippen LogP contribution < -0.4 is 11.1 Å². The van der Waals surface area contributed by atoms with Gasteiger partial charge in [-0.15, -0.1) is 0 Å². The SMILES string of the molecule is Nc1ccc(NCCN2CCSCC2)cc1. The van der Waals surface area contributed by atoms with E-state index in [4.69, 9.17) is 5.73 Å². The standard InChI is InChI=1S/C12H19N3S/c13-11-1-3-12(4-2-11)14-5-6-15-7-9-16-10-8-15/h1-4,14H,5-10,13H2. The van der Waals surface area contributed by atoms with Gasteiger partial charge in [0.1, 0.15) is 0 Å². The fourth-order valence-corrected chi connectivity index (χ4v) is 2.76. The van der Waals surface area contributed by atoms with E-state index in [0.717, 1.165) is 24.5 Å². The molecule has 0 atom stereocenters. The Balaban J connectivity index is 1.69. The third kappa shape index (κ3) is 3.61. The summed E-state index contributed by atoms with van der Waals surface area (Å²) in [5.41, 5.74) is 7.61. The van der Waals surface area contributed by atoms with Gasteiger partial charge in [0, 0.05) is 49.1 Å². The molecule has 0 spiro atoms. The molecule has 88 valence electrons. The Bertz CT molecular complexity index is 307. The van der Waals surface area contributed by atoms with Crippen molar-refractivity contribution in [3.8, 4) is 0 Å². The van der Waals surface area contributed by atoms with E-state index in [0.29, 0.717) is 0 Å². The molecule has 1 aliphatic heterocycles. The number of anilines is 2. The van der Waals surface area contributed by atoms with Crippen LogP contribution in [0.4, 0.5) is 11.4 Å². The van der Waals surface area contributed by atoms with Gasteiger partial charge >= 0.3 is 0 Å². The van der Waals surface area contributed by atoms with Gasteiger partial charge < -0.3 is 11.1 Å². The van der Waals surface area contributed by atoms with E-state index in [1.165, 1.54) is 24.6 Å². The Morgan fingerprint density at radius 1 is 1.19 bits per heavy atom. The molecule has 1 saturated heterocycles. The molecule has 2 rings (SSSR count). The molecule has 3 N–H and O–H groups in total. The van der Waals surface area contributed by atoms with E-state index in [9.17, 15) is 0 Å². The maximum absolute atomic E-state index is 5.63. The normalized spacial score (nSPS) is 17.2. The maximum Gasteiger partial charge on any atom is 0.0342 e. The molecular formula is C12H19N3S. The number of hydrogen-bond donors (Lipinski definition) is 2. The molecule has 1 aromatic rings.